The molecule has 1 aliphatic rings. The van der Waals surface area contributed by atoms with E-state index in [9.17, 15) is 5.11 Å². The van der Waals surface area contributed by atoms with Crippen molar-refractivity contribution in [1.82, 2.24) is 0 Å². The van der Waals surface area contributed by atoms with E-state index < -0.39 is 0 Å². The van der Waals surface area contributed by atoms with Crippen molar-refractivity contribution in [3.8, 4) is 0 Å². The van der Waals surface area contributed by atoms with E-state index in [0.29, 0.717) is 11.3 Å². The number of hydrogen-bond acceptors (Lipinski definition) is 1. The van der Waals surface area contributed by atoms with Crippen molar-refractivity contribution in [2.45, 2.75) is 66.4 Å². The Morgan fingerprint density at radius 1 is 1.10 bits per heavy atom. The van der Waals surface area contributed by atoms with Crippen molar-refractivity contribution in [2.75, 3.05) is 0 Å². The molecule has 3 atom stereocenters. The summed E-state index contributed by atoms with van der Waals surface area (Å²) in [6.45, 7) is 11.4. The lowest BCUT2D eigenvalue weighted by Gasteiger charge is -2.40. The molecule has 0 heterocycles. The molecule has 0 saturated heterocycles. The molecular weight excluding hydrogens is 244 g/mol. The summed E-state index contributed by atoms with van der Waals surface area (Å²) in [5, 5.41) is 10.4. The van der Waals surface area contributed by atoms with Crippen molar-refractivity contribution in [1.29, 1.82) is 0 Å². The first-order chi connectivity index (χ1) is 9.29. The molecule has 112 valence electrons. The van der Waals surface area contributed by atoms with Crippen LogP contribution in [0.15, 0.2) is 18.2 Å². The molecule has 0 amide bonds. The maximum Gasteiger partial charge on any atom is 0.0571 e. The first-order valence-electron chi connectivity index (χ1n) is 8.02. The lowest BCUT2D eigenvalue weighted by molar-refractivity contribution is 0.0195. The topological polar surface area (TPSA) is 20.2 Å². The molecule has 1 aromatic rings. The highest BCUT2D eigenvalue weighted by atomic mass is 16.3. The Kier molecular flexibility index (Phi) is 4.59. The maximum absolute atomic E-state index is 10.4. The van der Waals surface area contributed by atoms with E-state index in [-0.39, 0.29) is 6.10 Å². The van der Waals surface area contributed by atoms with Crippen LogP contribution in [-0.2, 0) is 6.42 Å². The van der Waals surface area contributed by atoms with Gasteiger partial charge in [-0.1, -0.05) is 39.0 Å². The van der Waals surface area contributed by atoms with E-state index in [4.69, 9.17) is 0 Å². The van der Waals surface area contributed by atoms with Crippen molar-refractivity contribution < 1.29 is 5.11 Å². The Labute approximate surface area is 124 Å². The monoisotopic (exact) mass is 274 g/mol. The lowest BCUT2D eigenvalue weighted by atomic mass is 9.67. The fourth-order valence-corrected chi connectivity index (χ4v) is 3.69. The summed E-state index contributed by atoms with van der Waals surface area (Å²) in [5.74, 6) is 1.16. The van der Waals surface area contributed by atoms with Crippen LogP contribution in [0.2, 0.25) is 0 Å². The Balaban J connectivity index is 2.15. The van der Waals surface area contributed by atoms with Crippen LogP contribution in [0.5, 0.6) is 0 Å². The third-order valence-electron chi connectivity index (χ3n) is 5.28. The summed E-state index contributed by atoms with van der Waals surface area (Å²) < 4.78 is 0. The molecule has 20 heavy (non-hydrogen) atoms. The third kappa shape index (κ3) is 3.44. The average Bonchev–Trinajstić information content (AvgIpc) is 2.34. The van der Waals surface area contributed by atoms with Gasteiger partial charge >= 0.3 is 0 Å². The predicted molar refractivity (Wildman–Crippen MR) is 85.9 cm³/mol. The van der Waals surface area contributed by atoms with Gasteiger partial charge in [0, 0.05) is 0 Å². The standard InChI is InChI=1S/C19H30O/c1-13-7-6-8-14(2)17(13)12-15-11-16(19(3,4)5)9-10-18(15)20/h6-8,15-16,18,20H,9-12H2,1-5H3. The van der Waals surface area contributed by atoms with Gasteiger partial charge in [-0.15, -0.1) is 0 Å². The fraction of sp³-hybridized carbons (Fsp3) is 0.684. The molecule has 1 N–H and O–H groups in total. The molecule has 0 aliphatic heterocycles. The summed E-state index contributed by atoms with van der Waals surface area (Å²) >= 11 is 0. The molecule has 2 rings (SSSR count). The Bertz CT molecular complexity index is 435. The van der Waals surface area contributed by atoms with Gasteiger partial charge in [-0.25, -0.2) is 0 Å². The Morgan fingerprint density at radius 2 is 1.70 bits per heavy atom. The van der Waals surface area contributed by atoms with Crippen LogP contribution in [0, 0.1) is 31.1 Å². The lowest BCUT2D eigenvalue weighted by Crippen LogP contribution is -2.35. The van der Waals surface area contributed by atoms with E-state index in [0.717, 1.165) is 18.8 Å². The van der Waals surface area contributed by atoms with E-state index in [1.165, 1.54) is 29.5 Å². The predicted octanol–water partition coefficient (Wildman–Crippen LogP) is 4.67. The van der Waals surface area contributed by atoms with E-state index in [1.807, 2.05) is 0 Å². The molecule has 1 heteroatoms. The summed E-state index contributed by atoms with van der Waals surface area (Å²) in [6, 6.07) is 6.51. The van der Waals surface area contributed by atoms with Crippen LogP contribution in [0.4, 0.5) is 0 Å². The number of hydrogen-bond donors (Lipinski definition) is 1. The van der Waals surface area contributed by atoms with E-state index in [2.05, 4.69) is 52.8 Å². The SMILES string of the molecule is Cc1cccc(C)c1CC1CC(C(C)(C)C)CCC1O. The first-order valence-corrected chi connectivity index (χ1v) is 8.02. The third-order valence-corrected chi connectivity index (χ3v) is 5.28. The molecule has 1 nitrogen and oxygen atoms in total. The van der Waals surface area contributed by atoms with Gasteiger partial charge in [0.05, 0.1) is 6.10 Å². The second kappa shape index (κ2) is 5.89. The number of benzene rings is 1. The van der Waals surface area contributed by atoms with Gasteiger partial charge in [0.25, 0.3) is 0 Å². The van der Waals surface area contributed by atoms with Gasteiger partial charge in [-0.05, 0) is 73.5 Å². The second-order valence-corrected chi connectivity index (χ2v) is 7.78. The van der Waals surface area contributed by atoms with Crippen LogP contribution in [0.3, 0.4) is 0 Å². The normalized spacial score (nSPS) is 27.6. The zero-order valence-electron chi connectivity index (χ0n) is 13.7. The zero-order valence-corrected chi connectivity index (χ0v) is 13.7. The van der Waals surface area contributed by atoms with E-state index >= 15 is 0 Å². The largest absolute Gasteiger partial charge is 0.393 e. The minimum Gasteiger partial charge on any atom is -0.393 e. The van der Waals surface area contributed by atoms with Gasteiger partial charge in [0.15, 0.2) is 0 Å². The van der Waals surface area contributed by atoms with Gasteiger partial charge in [-0.2, -0.15) is 0 Å². The smallest absolute Gasteiger partial charge is 0.0571 e. The van der Waals surface area contributed by atoms with Crippen molar-refractivity contribution >= 4 is 0 Å². The molecule has 3 unspecified atom stereocenters. The number of aliphatic hydroxyl groups excluding tert-OH is 1. The highest BCUT2D eigenvalue weighted by Gasteiger charge is 2.35. The second-order valence-electron chi connectivity index (χ2n) is 7.78. The van der Waals surface area contributed by atoms with Crippen LogP contribution in [0.1, 0.15) is 56.7 Å². The summed E-state index contributed by atoms with van der Waals surface area (Å²) in [5.41, 5.74) is 4.55. The molecular formula is C19H30O. The van der Waals surface area contributed by atoms with Gasteiger partial charge in [0.2, 0.25) is 0 Å². The quantitative estimate of drug-likeness (QED) is 0.831. The Morgan fingerprint density at radius 3 is 2.25 bits per heavy atom. The molecule has 1 aromatic carbocycles. The maximum atomic E-state index is 10.4. The molecule has 0 spiro atoms. The van der Waals surface area contributed by atoms with Crippen LogP contribution in [-0.4, -0.2) is 11.2 Å². The number of rotatable bonds is 2. The number of aliphatic hydroxyl groups is 1. The van der Waals surface area contributed by atoms with Crippen molar-refractivity contribution in [2.24, 2.45) is 17.3 Å². The zero-order chi connectivity index (χ0) is 14.9. The average molecular weight is 274 g/mol. The van der Waals surface area contributed by atoms with Gasteiger partial charge in [0.1, 0.15) is 0 Å². The highest BCUT2D eigenvalue weighted by molar-refractivity contribution is 5.34. The Hall–Kier alpha value is -0.820. The molecule has 0 aromatic heterocycles. The van der Waals surface area contributed by atoms with Gasteiger partial charge in [-0.3, -0.25) is 0 Å². The van der Waals surface area contributed by atoms with Crippen LogP contribution in [0.25, 0.3) is 0 Å². The molecule has 0 bridgehead atoms. The summed E-state index contributed by atoms with van der Waals surface area (Å²) in [4.78, 5) is 0. The summed E-state index contributed by atoms with van der Waals surface area (Å²) in [7, 11) is 0. The summed E-state index contributed by atoms with van der Waals surface area (Å²) in [6.07, 6.45) is 4.23. The van der Waals surface area contributed by atoms with Crippen LogP contribution >= 0.6 is 0 Å². The van der Waals surface area contributed by atoms with Crippen LogP contribution < -0.4 is 0 Å². The fourth-order valence-electron chi connectivity index (χ4n) is 3.69. The molecule has 1 saturated carbocycles. The molecule has 1 fully saturated rings. The van der Waals surface area contributed by atoms with Crippen molar-refractivity contribution in [3.05, 3.63) is 34.9 Å². The minimum absolute atomic E-state index is 0.118. The highest BCUT2D eigenvalue weighted by Crippen LogP contribution is 2.41. The molecule has 1 aliphatic carbocycles. The minimum atomic E-state index is -0.118. The first kappa shape index (κ1) is 15.6. The number of aryl methyl sites for hydroxylation is 2. The van der Waals surface area contributed by atoms with Crippen molar-refractivity contribution in [3.63, 3.8) is 0 Å². The molecule has 0 radical (unpaired) electrons. The van der Waals surface area contributed by atoms with Gasteiger partial charge < -0.3 is 5.11 Å². The van der Waals surface area contributed by atoms with E-state index in [1.54, 1.807) is 0 Å².